The number of rotatable bonds is 2. The molecule has 0 aromatic rings. The summed E-state index contributed by atoms with van der Waals surface area (Å²) < 4.78 is 5.42. The SMILES string of the molecule is CC(=O)OCC1(C)C(C)C(C)C23CCC(CC12)C3. The van der Waals surface area contributed by atoms with Gasteiger partial charge in [-0.3, -0.25) is 4.79 Å². The summed E-state index contributed by atoms with van der Waals surface area (Å²) in [5.41, 5.74) is 0.791. The van der Waals surface area contributed by atoms with E-state index in [1.807, 2.05) is 0 Å². The first kappa shape index (κ1) is 12.5. The van der Waals surface area contributed by atoms with Gasteiger partial charge in [0.05, 0.1) is 6.61 Å². The van der Waals surface area contributed by atoms with Crippen molar-refractivity contribution in [3.63, 3.8) is 0 Å². The molecule has 102 valence electrons. The van der Waals surface area contributed by atoms with Gasteiger partial charge in [-0.1, -0.05) is 20.8 Å². The monoisotopic (exact) mass is 250 g/mol. The van der Waals surface area contributed by atoms with Crippen LogP contribution in [-0.4, -0.2) is 12.6 Å². The van der Waals surface area contributed by atoms with E-state index in [1.165, 1.54) is 32.6 Å². The van der Waals surface area contributed by atoms with Crippen molar-refractivity contribution in [3.8, 4) is 0 Å². The molecule has 0 radical (unpaired) electrons. The molecule has 0 aliphatic heterocycles. The molecule has 0 aromatic carbocycles. The molecular formula is C16H26O2. The third kappa shape index (κ3) is 1.38. The van der Waals surface area contributed by atoms with Crippen LogP contribution in [0.1, 0.15) is 53.4 Å². The first-order valence-electron chi connectivity index (χ1n) is 7.53. The number of fused-ring (bicyclic) bond motifs is 1. The second kappa shape index (κ2) is 3.74. The second-order valence-electron chi connectivity index (χ2n) is 7.49. The summed E-state index contributed by atoms with van der Waals surface area (Å²) in [5, 5.41) is 0. The Hall–Kier alpha value is -0.530. The summed E-state index contributed by atoms with van der Waals surface area (Å²) >= 11 is 0. The quantitative estimate of drug-likeness (QED) is 0.699. The van der Waals surface area contributed by atoms with Crippen molar-refractivity contribution in [2.45, 2.75) is 53.4 Å². The summed E-state index contributed by atoms with van der Waals surface area (Å²) in [5.74, 6) is 3.08. The van der Waals surface area contributed by atoms with E-state index in [4.69, 9.17) is 4.74 Å². The van der Waals surface area contributed by atoms with Gasteiger partial charge in [-0.25, -0.2) is 0 Å². The summed E-state index contributed by atoms with van der Waals surface area (Å²) in [4.78, 5) is 11.2. The van der Waals surface area contributed by atoms with E-state index in [2.05, 4.69) is 20.8 Å². The summed E-state index contributed by atoms with van der Waals surface area (Å²) in [7, 11) is 0. The Balaban J connectivity index is 1.89. The predicted octanol–water partition coefficient (Wildman–Crippen LogP) is 3.65. The van der Waals surface area contributed by atoms with E-state index in [-0.39, 0.29) is 11.4 Å². The number of hydrogen-bond acceptors (Lipinski definition) is 2. The molecule has 0 heterocycles. The predicted molar refractivity (Wildman–Crippen MR) is 70.9 cm³/mol. The topological polar surface area (TPSA) is 26.3 Å². The minimum Gasteiger partial charge on any atom is -0.465 e. The largest absolute Gasteiger partial charge is 0.465 e. The normalized spacial score (nSPS) is 53.6. The van der Waals surface area contributed by atoms with Gasteiger partial charge in [0.1, 0.15) is 0 Å². The van der Waals surface area contributed by atoms with Crippen molar-refractivity contribution in [2.75, 3.05) is 6.61 Å². The Bertz CT molecular complexity index is 377. The molecule has 6 atom stereocenters. The number of hydrogen-bond donors (Lipinski definition) is 0. The van der Waals surface area contributed by atoms with E-state index < -0.39 is 0 Å². The lowest BCUT2D eigenvalue weighted by Crippen LogP contribution is -2.36. The highest BCUT2D eigenvalue weighted by Crippen LogP contribution is 2.73. The van der Waals surface area contributed by atoms with Gasteiger partial charge in [0.2, 0.25) is 0 Å². The minimum absolute atomic E-state index is 0.125. The average molecular weight is 250 g/mol. The number of carbonyl (C=O) groups is 1. The Morgan fingerprint density at radius 3 is 2.67 bits per heavy atom. The van der Waals surface area contributed by atoms with Gasteiger partial charge in [0.15, 0.2) is 0 Å². The molecule has 2 bridgehead atoms. The van der Waals surface area contributed by atoms with Crippen molar-refractivity contribution in [1.82, 2.24) is 0 Å². The van der Waals surface area contributed by atoms with E-state index >= 15 is 0 Å². The van der Waals surface area contributed by atoms with E-state index in [1.54, 1.807) is 0 Å². The lowest BCUT2D eigenvalue weighted by molar-refractivity contribution is -0.146. The first-order chi connectivity index (χ1) is 8.40. The van der Waals surface area contributed by atoms with E-state index in [0.717, 1.165) is 17.8 Å². The van der Waals surface area contributed by atoms with Crippen LogP contribution in [0.2, 0.25) is 0 Å². The van der Waals surface area contributed by atoms with Crippen molar-refractivity contribution in [3.05, 3.63) is 0 Å². The summed E-state index contributed by atoms with van der Waals surface area (Å²) in [6, 6.07) is 0. The zero-order chi connectivity index (χ0) is 13.1. The van der Waals surface area contributed by atoms with Crippen molar-refractivity contribution >= 4 is 5.97 Å². The van der Waals surface area contributed by atoms with Crippen LogP contribution in [-0.2, 0) is 9.53 Å². The maximum absolute atomic E-state index is 11.2. The fourth-order valence-corrected chi connectivity index (χ4v) is 5.83. The molecule has 2 heteroatoms. The molecule has 3 aliphatic carbocycles. The van der Waals surface area contributed by atoms with Gasteiger partial charge in [0.25, 0.3) is 0 Å². The Morgan fingerprint density at radius 2 is 2.06 bits per heavy atom. The van der Waals surface area contributed by atoms with Gasteiger partial charge in [-0.15, -0.1) is 0 Å². The third-order valence-electron chi connectivity index (χ3n) is 7.03. The molecule has 0 amide bonds. The summed E-state index contributed by atoms with van der Waals surface area (Å²) in [6.07, 6.45) is 5.69. The minimum atomic E-state index is -0.125. The van der Waals surface area contributed by atoms with Gasteiger partial charge < -0.3 is 4.74 Å². The molecule has 3 fully saturated rings. The Labute approximate surface area is 110 Å². The van der Waals surface area contributed by atoms with Crippen LogP contribution in [0.15, 0.2) is 0 Å². The van der Waals surface area contributed by atoms with Gasteiger partial charge >= 0.3 is 5.97 Å². The van der Waals surface area contributed by atoms with Crippen molar-refractivity contribution in [1.29, 1.82) is 0 Å². The van der Waals surface area contributed by atoms with Crippen LogP contribution in [0.4, 0.5) is 0 Å². The number of ether oxygens (including phenoxy) is 1. The van der Waals surface area contributed by atoms with Gasteiger partial charge in [-0.05, 0) is 54.8 Å². The fraction of sp³-hybridized carbons (Fsp3) is 0.938. The standard InChI is InChI=1S/C16H26O2/c1-10-11(2)16-6-5-13(8-16)7-14(16)15(10,4)9-18-12(3)17/h10-11,13-14H,5-9H2,1-4H3. The first-order valence-corrected chi connectivity index (χ1v) is 7.53. The molecule has 6 unspecified atom stereocenters. The molecule has 2 nitrogen and oxygen atoms in total. The zero-order valence-corrected chi connectivity index (χ0v) is 12.2. The van der Waals surface area contributed by atoms with E-state index in [0.29, 0.717) is 17.9 Å². The lowest BCUT2D eigenvalue weighted by atomic mass is 9.67. The van der Waals surface area contributed by atoms with Crippen LogP contribution in [0.5, 0.6) is 0 Å². The van der Waals surface area contributed by atoms with E-state index in [9.17, 15) is 4.79 Å². The molecule has 3 saturated carbocycles. The van der Waals surface area contributed by atoms with Crippen LogP contribution >= 0.6 is 0 Å². The molecule has 18 heavy (non-hydrogen) atoms. The molecule has 3 rings (SSSR count). The maximum Gasteiger partial charge on any atom is 0.302 e. The Kier molecular flexibility index (Phi) is 2.60. The molecule has 0 N–H and O–H groups in total. The molecule has 3 aliphatic rings. The average Bonchev–Trinajstić information content (AvgIpc) is 2.96. The van der Waals surface area contributed by atoms with Crippen LogP contribution < -0.4 is 0 Å². The highest BCUT2D eigenvalue weighted by Gasteiger charge is 2.67. The maximum atomic E-state index is 11.2. The highest BCUT2D eigenvalue weighted by molar-refractivity contribution is 5.65. The number of carbonyl (C=O) groups excluding carboxylic acids is 1. The molecule has 1 spiro atoms. The highest BCUT2D eigenvalue weighted by atomic mass is 16.5. The van der Waals surface area contributed by atoms with Crippen molar-refractivity contribution in [2.24, 2.45) is 34.5 Å². The zero-order valence-electron chi connectivity index (χ0n) is 12.2. The summed E-state index contributed by atoms with van der Waals surface area (Å²) in [6.45, 7) is 9.37. The van der Waals surface area contributed by atoms with Crippen LogP contribution in [0, 0.1) is 34.5 Å². The van der Waals surface area contributed by atoms with Gasteiger partial charge in [-0.2, -0.15) is 0 Å². The molecular weight excluding hydrogens is 224 g/mol. The lowest BCUT2D eigenvalue weighted by Gasteiger charge is -2.39. The van der Waals surface area contributed by atoms with Crippen molar-refractivity contribution < 1.29 is 9.53 Å². The van der Waals surface area contributed by atoms with Crippen LogP contribution in [0.25, 0.3) is 0 Å². The fourth-order valence-electron chi connectivity index (χ4n) is 5.83. The molecule has 0 aromatic heterocycles. The second-order valence-corrected chi connectivity index (χ2v) is 7.49. The van der Waals surface area contributed by atoms with Crippen LogP contribution in [0.3, 0.4) is 0 Å². The van der Waals surface area contributed by atoms with Gasteiger partial charge in [0, 0.05) is 12.3 Å². The molecule has 0 saturated heterocycles. The number of esters is 1. The third-order valence-corrected chi connectivity index (χ3v) is 7.03. The smallest absolute Gasteiger partial charge is 0.302 e. The Morgan fingerprint density at radius 1 is 1.33 bits per heavy atom.